The summed E-state index contributed by atoms with van der Waals surface area (Å²) in [6.45, 7) is 13.3. The van der Waals surface area contributed by atoms with Gasteiger partial charge in [-0.1, -0.05) is 12.8 Å². The highest BCUT2D eigenvalue weighted by Crippen LogP contribution is 2.27. The van der Waals surface area contributed by atoms with Crippen molar-refractivity contribution in [3.8, 4) is 0 Å². The van der Waals surface area contributed by atoms with E-state index in [0.717, 1.165) is 19.1 Å². The third-order valence-corrected chi connectivity index (χ3v) is 4.20. The summed E-state index contributed by atoms with van der Waals surface area (Å²) in [6.07, 6.45) is 6.87. The van der Waals surface area contributed by atoms with Gasteiger partial charge < -0.3 is 10.1 Å². The second kappa shape index (κ2) is 6.11. The number of nitrogens with one attached hydrogen (secondary N) is 1. The Bertz CT molecular complexity index is 266. The molecule has 0 atom stereocenters. The van der Waals surface area contributed by atoms with Crippen molar-refractivity contribution in [3.63, 3.8) is 0 Å². The van der Waals surface area contributed by atoms with Crippen LogP contribution in [0.25, 0.3) is 0 Å². The molecule has 0 bridgehead atoms. The van der Waals surface area contributed by atoms with Crippen LogP contribution in [-0.4, -0.2) is 48.3 Å². The monoisotopic (exact) mass is 268 g/mol. The number of ether oxygens (including phenoxy) is 1. The van der Waals surface area contributed by atoms with Gasteiger partial charge in [0.1, 0.15) is 0 Å². The molecule has 1 aliphatic heterocycles. The molecule has 3 heteroatoms. The molecule has 19 heavy (non-hydrogen) atoms. The van der Waals surface area contributed by atoms with Crippen LogP contribution in [0, 0.1) is 0 Å². The predicted octanol–water partition coefficient (Wildman–Crippen LogP) is 2.80. The molecule has 1 N–H and O–H groups in total. The average molecular weight is 268 g/mol. The van der Waals surface area contributed by atoms with E-state index in [1.165, 1.54) is 45.2 Å². The maximum atomic E-state index is 6.12. The van der Waals surface area contributed by atoms with Crippen LogP contribution < -0.4 is 5.32 Å². The molecule has 1 aliphatic carbocycles. The van der Waals surface area contributed by atoms with Gasteiger partial charge in [-0.25, -0.2) is 0 Å². The zero-order chi connectivity index (χ0) is 13.9. The predicted molar refractivity (Wildman–Crippen MR) is 80.6 cm³/mol. The lowest BCUT2D eigenvalue weighted by Gasteiger charge is -2.47. The zero-order valence-corrected chi connectivity index (χ0v) is 13.3. The molecule has 2 rings (SSSR count). The van der Waals surface area contributed by atoms with Gasteiger partial charge >= 0.3 is 0 Å². The molecule has 0 unspecified atom stereocenters. The van der Waals surface area contributed by atoms with E-state index in [1.807, 2.05) is 0 Å². The van der Waals surface area contributed by atoms with Crippen LogP contribution in [0.15, 0.2) is 0 Å². The normalized spacial score (nSPS) is 27.8. The van der Waals surface area contributed by atoms with Crippen LogP contribution in [0.3, 0.4) is 0 Å². The first-order valence-corrected chi connectivity index (χ1v) is 8.02. The second-order valence-corrected chi connectivity index (χ2v) is 7.62. The molecule has 1 saturated carbocycles. The molecule has 3 nitrogen and oxygen atoms in total. The Kier molecular flexibility index (Phi) is 4.91. The lowest BCUT2D eigenvalue weighted by atomic mass is 9.99. The molecule has 2 aliphatic rings. The Morgan fingerprint density at radius 2 is 1.63 bits per heavy atom. The van der Waals surface area contributed by atoms with E-state index in [4.69, 9.17) is 4.74 Å². The maximum Gasteiger partial charge on any atom is 0.0760 e. The number of morpholine rings is 1. The Morgan fingerprint density at radius 3 is 2.21 bits per heavy atom. The number of nitrogens with zero attached hydrogens (tertiary/aromatic N) is 1. The third-order valence-electron chi connectivity index (χ3n) is 4.20. The minimum Gasteiger partial charge on any atom is -0.367 e. The molecular formula is C16H32N2O. The molecular weight excluding hydrogens is 236 g/mol. The first kappa shape index (κ1) is 15.3. The fraction of sp³-hybridized carbons (Fsp3) is 1.00. The topological polar surface area (TPSA) is 24.5 Å². The zero-order valence-electron chi connectivity index (χ0n) is 13.3. The Hall–Kier alpha value is -0.120. The lowest BCUT2D eigenvalue weighted by molar-refractivity contribution is -0.180. The largest absolute Gasteiger partial charge is 0.367 e. The lowest BCUT2D eigenvalue weighted by Crippen LogP contribution is -2.57. The van der Waals surface area contributed by atoms with Gasteiger partial charge in [0, 0.05) is 19.1 Å². The van der Waals surface area contributed by atoms with Gasteiger partial charge in [0.25, 0.3) is 0 Å². The standard InChI is InChI=1S/C16H32N2O/c1-15(2)12-18(13-16(3,4)19-15)11-7-10-17-14-8-5-6-9-14/h14,17H,5-13H2,1-4H3. The smallest absolute Gasteiger partial charge is 0.0760 e. The van der Waals surface area contributed by atoms with Crippen molar-refractivity contribution in [2.45, 2.75) is 77.0 Å². The second-order valence-electron chi connectivity index (χ2n) is 7.62. The Labute approximate surface area is 119 Å². The molecule has 112 valence electrons. The summed E-state index contributed by atoms with van der Waals surface area (Å²) in [5.74, 6) is 0. The molecule has 0 aromatic carbocycles. The summed E-state index contributed by atoms with van der Waals surface area (Å²) in [4.78, 5) is 2.57. The van der Waals surface area contributed by atoms with Gasteiger partial charge in [0.15, 0.2) is 0 Å². The quantitative estimate of drug-likeness (QED) is 0.776. The minimum atomic E-state index is -0.0133. The highest BCUT2D eigenvalue weighted by Gasteiger charge is 2.37. The molecule has 1 saturated heterocycles. The average Bonchev–Trinajstić information content (AvgIpc) is 2.72. The van der Waals surface area contributed by atoms with Crippen LogP contribution in [0.5, 0.6) is 0 Å². The maximum absolute atomic E-state index is 6.12. The molecule has 0 spiro atoms. The van der Waals surface area contributed by atoms with E-state index >= 15 is 0 Å². The van der Waals surface area contributed by atoms with E-state index in [9.17, 15) is 0 Å². The third kappa shape index (κ3) is 5.05. The molecule has 0 aromatic heterocycles. The fourth-order valence-electron chi connectivity index (χ4n) is 3.84. The van der Waals surface area contributed by atoms with Gasteiger partial charge in [-0.3, -0.25) is 4.90 Å². The summed E-state index contributed by atoms with van der Waals surface area (Å²) < 4.78 is 6.12. The SMILES string of the molecule is CC1(C)CN(CCCNC2CCCC2)CC(C)(C)O1. The summed E-state index contributed by atoms with van der Waals surface area (Å²) in [7, 11) is 0. The molecule has 1 heterocycles. The highest BCUT2D eigenvalue weighted by atomic mass is 16.5. The van der Waals surface area contributed by atoms with Crippen LogP contribution in [0.4, 0.5) is 0 Å². The summed E-state index contributed by atoms with van der Waals surface area (Å²) in [5, 5.41) is 3.70. The van der Waals surface area contributed by atoms with Crippen molar-refractivity contribution in [2.75, 3.05) is 26.2 Å². The first-order valence-electron chi connectivity index (χ1n) is 8.02. The molecule has 0 radical (unpaired) electrons. The Balaban J connectivity index is 1.67. The summed E-state index contributed by atoms with van der Waals surface area (Å²) in [6, 6.07) is 0.803. The van der Waals surface area contributed by atoms with Gasteiger partial charge in [0.2, 0.25) is 0 Å². The van der Waals surface area contributed by atoms with Crippen LogP contribution in [-0.2, 0) is 4.74 Å². The number of hydrogen-bond acceptors (Lipinski definition) is 3. The van der Waals surface area contributed by atoms with Crippen LogP contribution in [0.1, 0.15) is 59.8 Å². The number of hydrogen-bond donors (Lipinski definition) is 1. The van der Waals surface area contributed by atoms with E-state index in [-0.39, 0.29) is 11.2 Å². The van der Waals surface area contributed by atoms with Crippen molar-refractivity contribution in [2.24, 2.45) is 0 Å². The summed E-state index contributed by atoms with van der Waals surface area (Å²) >= 11 is 0. The Morgan fingerprint density at radius 1 is 1.05 bits per heavy atom. The highest BCUT2D eigenvalue weighted by molar-refractivity contribution is 4.89. The van der Waals surface area contributed by atoms with E-state index in [2.05, 4.69) is 37.9 Å². The van der Waals surface area contributed by atoms with Gasteiger partial charge in [0.05, 0.1) is 11.2 Å². The van der Waals surface area contributed by atoms with Crippen molar-refractivity contribution in [1.82, 2.24) is 10.2 Å². The first-order chi connectivity index (χ1) is 8.86. The van der Waals surface area contributed by atoms with Crippen molar-refractivity contribution in [1.29, 1.82) is 0 Å². The van der Waals surface area contributed by atoms with Crippen LogP contribution in [0.2, 0.25) is 0 Å². The molecule has 2 fully saturated rings. The van der Waals surface area contributed by atoms with E-state index in [1.54, 1.807) is 0 Å². The van der Waals surface area contributed by atoms with Gasteiger partial charge in [-0.15, -0.1) is 0 Å². The fourth-order valence-corrected chi connectivity index (χ4v) is 3.84. The van der Waals surface area contributed by atoms with Gasteiger partial charge in [-0.2, -0.15) is 0 Å². The molecule has 0 aromatic rings. The van der Waals surface area contributed by atoms with E-state index in [0.29, 0.717) is 0 Å². The van der Waals surface area contributed by atoms with Crippen molar-refractivity contribution in [3.05, 3.63) is 0 Å². The van der Waals surface area contributed by atoms with E-state index < -0.39 is 0 Å². The van der Waals surface area contributed by atoms with Gasteiger partial charge in [-0.05, 0) is 60.0 Å². The number of rotatable bonds is 5. The summed E-state index contributed by atoms with van der Waals surface area (Å²) in [5.41, 5.74) is -0.0265. The van der Waals surface area contributed by atoms with Crippen molar-refractivity contribution >= 4 is 0 Å². The van der Waals surface area contributed by atoms with Crippen molar-refractivity contribution < 1.29 is 4.74 Å². The minimum absolute atomic E-state index is 0.0133. The molecule has 0 amide bonds. The van der Waals surface area contributed by atoms with Crippen LogP contribution >= 0.6 is 0 Å².